The number of benzene rings is 1. The van der Waals surface area contributed by atoms with E-state index in [9.17, 15) is 5.11 Å². The second kappa shape index (κ2) is 5.49. The molecular weight excluding hydrogens is 196 g/mol. The smallest absolute Gasteiger partial charge is 0.0840 e. The van der Waals surface area contributed by atoms with Gasteiger partial charge in [-0.3, -0.25) is 0 Å². The second-order valence-electron chi connectivity index (χ2n) is 5.24. The van der Waals surface area contributed by atoms with Gasteiger partial charge in [-0.05, 0) is 29.4 Å². The molecule has 0 saturated carbocycles. The number of rotatable bonds is 5. The number of hydrogen-bond donors (Lipinski definition) is 1. The van der Waals surface area contributed by atoms with Crippen LogP contribution in [0.2, 0.25) is 0 Å². The van der Waals surface area contributed by atoms with Crippen molar-refractivity contribution < 1.29 is 5.11 Å². The number of aliphatic hydroxyl groups is 1. The van der Waals surface area contributed by atoms with Crippen LogP contribution in [0.15, 0.2) is 24.3 Å². The Labute approximate surface area is 99.5 Å². The van der Waals surface area contributed by atoms with Crippen LogP contribution in [0, 0.1) is 5.41 Å². The highest BCUT2D eigenvalue weighted by Crippen LogP contribution is 2.35. The lowest BCUT2D eigenvalue weighted by Crippen LogP contribution is -2.20. The Balaban J connectivity index is 2.81. The van der Waals surface area contributed by atoms with Gasteiger partial charge in [0.2, 0.25) is 0 Å². The number of aliphatic hydroxyl groups excluding tert-OH is 1. The molecule has 0 aliphatic carbocycles. The molecule has 1 aromatic rings. The molecule has 0 saturated heterocycles. The third-order valence-corrected chi connectivity index (χ3v) is 3.49. The molecular formula is C15H24O. The minimum Gasteiger partial charge on any atom is -0.388 e. The quantitative estimate of drug-likeness (QED) is 0.791. The highest BCUT2D eigenvalue weighted by molar-refractivity contribution is 5.25. The second-order valence-corrected chi connectivity index (χ2v) is 5.24. The molecule has 0 aliphatic rings. The van der Waals surface area contributed by atoms with Crippen molar-refractivity contribution in [3.8, 4) is 0 Å². The molecule has 0 bridgehead atoms. The third kappa shape index (κ3) is 3.08. The summed E-state index contributed by atoms with van der Waals surface area (Å²) in [7, 11) is 0. The topological polar surface area (TPSA) is 20.2 Å². The van der Waals surface area contributed by atoms with Crippen molar-refractivity contribution >= 4 is 0 Å². The van der Waals surface area contributed by atoms with Crippen LogP contribution < -0.4 is 0 Å². The molecule has 1 N–H and O–H groups in total. The van der Waals surface area contributed by atoms with Gasteiger partial charge in [0.05, 0.1) is 6.10 Å². The van der Waals surface area contributed by atoms with Gasteiger partial charge in [0.15, 0.2) is 0 Å². The van der Waals surface area contributed by atoms with Gasteiger partial charge in [0, 0.05) is 0 Å². The SMILES string of the molecule is CCCc1ccc(C(O)C(C)(C)CC)cc1. The van der Waals surface area contributed by atoms with Crippen LogP contribution in [-0.2, 0) is 6.42 Å². The van der Waals surface area contributed by atoms with Crippen LogP contribution in [0.5, 0.6) is 0 Å². The van der Waals surface area contributed by atoms with E-state index in [0.29, 0.717) is 0 Å². The molecule has 90 valence electrons. The van der Waals surface area contributed by atoms with Crippen molar-refractivity contribution in [1.82, 2.24) is 0 Å². The van der Waals surface area contributed by atoms with E-state index >= 15 is 0 Å². The van der Waals surface area contributed by atoms with Crippen molar-refractivity contribution in [2.24, 2.45) is 5.41 Å². The van der Waals surface area contributed by atoms with Crippen molar-refractivity contribution in [3.63, 3.8) is 0 Å². The molecule has 0 amide bonds. The van der Waals surface area contributed by atoms with Crippen molar-refractivity contribution in [2.75, 3.05) is 0 Å². The predicted octanol–water partition coefficient (Wildman–Crippen LogP) is 4.11. The first kappa shape index (κ1) is 13.2. The lowest BCUT2D eigenvalue weighted by atomic mass is 9.80. The van der Waals surface area contributed by atoms with Crippen molar-refractivity contribution in [2.45, 2.75) is 53.1 Å². The van der Waals surface area contributed by atoms with Gasteiger partial charge in [-0.2, -0.15) is 0 Å². The summed E-state index contributed by atoms with van der Waals surface area (Å²) >= 11 is 0. The zero-order valence-corrected chi connectivity index (χ0v) is 11.0. The molecule has 1 atom stereocenters. The summed E-state index contributed by atoms with van der Waals surface area (Å²) in [4.78, 5) is 0. The van der Waals surface area contributed by atoms with Crippen LogP contribution in [0.3, 0.4) is 0 Å². The molecule has 0 aromatic heterocycles. The van der Waals surface area contributed by atoms with E-state index in [-0.39, 0.29) is 11.5 Å². The van der Waals surface area contributed by atoms with Gasteiger partial charge in [-0.25, -0.2) is 0 Å². The molecule has 16 heavy (non-hydrogen) atoms. The van der Waals surface area contributed by atoms with E-state index in [4.69, 9.17) is 0 Å². The Morgan fingerprint density at radius 3 is 2.12 bits per heavy atom. The van der Waals surface area contributed by atoms with Crippen LogP contribution in [-0.4, -0.2) is 5.11 Å². The first-order chi connectivity index (χ1) is 7.51. The van der Waals surface area contributed by atoms with Gasteiger partial charge in [-0.15, -0.1) is 0 Å². The molecule has 1 nitrogen and oxygen atoms in total. The average molecular weight is 220 g/mol. The van der Waals surface area contributed by atoms with Gasteiger partial charge in [-0.1, -0.05) is 58.4 Å². The molecule has 0 fully saturated rings. The lowest BCUT2D eigenvalue weighted by Gasteiger charge is -2.29. The molecule has 0 aliphatic heterocycles. The highest BCUT2D eigenvalue weighted by Gasteiger charge is 2.26. The van der Waals surface area contributed by atoms with Crippen LogP contribution >= 0.6 is 0 Å². The maximum absolute atomic E-state index is 10.3. The molecule has 0 spiro atoms. The van der Waals surface area contributed by atoms with Crippen LogP contribution in [0.25, 0.3) is 0 Å². The largest absolute Gasteiger partial charge is 0.388 e. The molecule has 1 rings (SSSR count). The summed E-state index contributed by atoms with van der Waals surface area (Å²) in [6.45, 7) is 8.52. The fraction of sp³-hybridized carbons (Fsp3) is 0.600. The minimum atomic E-state index is -0.367. The number of hydrogen-bond acceptors (Lipinski definition) is 1. The summed E-state index contributed by atoms with van der Waals surface area (Å²) in [5.74, 6) is 0. The van der Waals surface area contributed by atoms with E-state index < -0.39 is 0 Å². The summed E-state index contributed by atoms with van der Waals surface area (Å²) in [5.41, 5.74) is 2.34. The fourth-order valence-corrected chi connectivity index (χ4v) is 1.80. The van der Waals surface area contributed by atoms with E-state index in [1.54, 1.807) is 0 Å². The van der Waals surface area contributed by atoms with Crippen molar-refractivity contribution in [1.29, 1.82) is 0 Å². The zero-order chi connectivity index (χ0) is 12.2. The highest BCUT2D eigenvalue weighted by atomic mass is 16.3. The Hall–Kier alpha value is -0.820. The Morgan fingerprint density at radius 1 is 1.12 bits per heavy atom. The normalized spacial score (nSPS) is 13.8. The van der Waals surface area contributed by atoms with E-state index in [2.05, 4.69) is 52.0 Å². The fourth-order valence-electron chi connectivity index (χ4n) is 1.80. The Bertz CT molecular complexity index is 311. The maximum atomic E-state index is 10.3. The predicted molar refractivity (Wildman–Crippen MR) is 69.5 cm³/mol. The van der Waals surface area contributed by atoms with Crippen molar-refractivity contribution in [3.05, 3.63) is 35.4 Å². The summed E-state index contributed by atoms with van der Waals surface area (Å²) in [6, 6.07) is 8.39. The van der Waals surface area contributed by atoms with Crippen LogP contribution in [0.4, 0.5) is 0 Å². The molecule has 1 unspecified atom stereocenters. The summed E-state index contributed by atoms with van der Waals surface area (Å²) in [6.07, 6.45) is 2.90. The van der Waals surface area contributed by atoms with Crippen LogP contribution in [0.1, 0.15) is 57.8 Å². The standard InChI is InChI=1S/C15H24O/c1-5-7-12-8-10-13(11-9-12)14(16)15(3,4)6-2/h8-11,14,16H,5-7H2,1-4H3. The van der Waals surface area contributed by atoms with E-state index in [0.717, 1.165) is 18.4 Å². The summed E-state index contributed by atoms with van der Waals surface area (Å²) < 4.78 is 0. The Morgan fingerprint density at radius 2 is 1.69 bits per heavy atom. The number of aryl methyl sites for hydroxylation is 1. The molecule has 0 radical (unpaired) electrons. The minimum absolute atomic E-state index is 0.0493. The Kier molecular flexibility index (Phi) is 4.55. The maximum Gasteiger partial charge on any atom is 0.0840 e. The first-order valence-electron chi connectivity index (χ1n) is 6.28. The van der Waals surface area contributed by atoms with Gasteiger partial charge >= 0.3 is 0 Å². The zero-order valence-electron chi connectivity index (χ0n) is 11.0. The first-order valence-corrected chi connectivity index (χ1v) is 6.28. The third-order valence-electron chi connectivity index (χ3n) is 3.49. The van der Waals surface area contributed by atoms with E-state index in [1.165, 1.54) is 12.0 Å². The average Bonchev–Trinajstić information content (AvgIpc) is 2.29. The molecule has 1 heteroatoms. The molecule has 1 aromatic carbocycles. The summed E-state index contributed by atoms with van der Waals surface area (Å²) in [5, 5.41) is 10.3. The van der Waals surface area contributed by atoms with E-state index in [1.807, 2.05) is 0 Å². The van der Waals surface area contributed by atoms with Gasteiger partial charge in [0.1, 0.15) is 0 Å². The van der Waals surface area contributed by atoms with Gasteiger partial charge < -0.3 is 5.11 Å². The van der Waals surface area contributed by atoms with Gasteiger partial charge in [0.25, 0.3) is 0 Å². The lowest BCUT2D eigenvalue weighted by molar-refractivity contribution is 0.0465. The monoisotopic (exact) mass is 220 g/mol. The molecule has 0 heterocycles.